The summed E-state index contributed by atoms with van der Waals surface area (Å²) in [5.74, 6) is -4.87. The summed E-state index contributed by atoms with van der Waals surface area (Å²) < 4.78 is 47.6. The molecule has 1 amide bonds. The highest BCUT2D eigenvalue weighted by atomic mass is 19.3. The first-order valence-electron chi connectivity index (χ1n) is 3.21. The molecule has 0 saturated carbocycles. The molecule has 0 aliphatic rings. The molecule has 2 nitrogen and oxygen atoms in total. The lowest BCUT2D eigenvalue weighted by Gasteiger charge is -2.20. The molecule has 0 rings (SSSR count). The van der Waals surface area contributed by atoms with E-state index in [2.05, 4.69) is 0 Å². The molecule has 1 atom stereocenters. The first-order chi connectivity index (χ1) is 5.25. The Morgan fingerprint density at radius 3 is 2.08 bits per heavy atom. The predicted octanol–water partition coefficient (Wildman–Crippen LogP) is 1.41. The topological polar surface area (TPSA) is 29.1 Å². The van der Waals surface area contributed by atoms with Crippen LogP contribution in [0.3, 0.4) is 0 Å². The molecule has 0 radical (unpaired) electrons. The second-order valence-electron chi connectivity index (χ2n) is 2.49. The fraction of sp³-hybridized carbons (Fsp3) is 0.833. The van der Waals surface area contributed by atoms with Gasteiger partial charge in [-0.3, -0.25) is 4.79 Å². The van der Waals surface area contributed by atoms with Crippen molar-refractivity contribution in [2.75, 3.05) is 0 Å². The third-order valence-corrected chi connectivity index (χ3v) is 1.32. The summed E-state index contributed by atoms with van der Waals surface area (Å²) in [6, 6.07) is -1.58. The van der Waals surface area contributed by atoms with E-state index in [9.17, 15) is 22.4 Å². The van der Waals surface area contributed by atoms with E-state index in [0.717, 1.165) is 6.92 Å². The van der Waals surface area contributed by atoms with Crippen LogP contribution in [0.1, 0.15) is 13.8 Å². The summed E-state index contributed by atoms with van der Waals surface area (Å²) >= 11 is 0. The van der Waals surface area contributed by atoms with Gasteiger partial charge in [0.05, 0.1) is 6.04 Å². The molecule has 1 unspecified atom stereocenters. The number of nitrogens with one attached hydrogen (secondary N) is 1. The van der Waals surface area contributed by atoms with Crippen LogP contribution in [-0.4, -0.2) is 24.3 Å². The highest BCUT2D eigenvalue weighted by Gasteiger charge is 2.32. The van der Waals surface area contributed by atoms with E-state index in [-0.39, 0.29) is 0 Å². The van der Waals surface area contributed by atoms with Crippen molar-refractivity contribution >= 4 is 5.91 Å². The van der Waals surface area contributed by atoms with Crippen LogP contribution in [0.15, 0.2) is 0 Å². The van der Waals surface area contributed by atoms with Crippen LogP contribution in [0, 0.1) is 0 Å². The molecule has 72 valence electrons. The Bertz CT molecular complexity index is 165. The van der Waals surface area contributed by atoms with Crippen LogP contribution < -0.4 is 5.32 Å². The molecular formula is C6H9F4NO. The Morgan fingerprint density at radius 1 is 1.42 bits per heavy atom. The number of hydrogen-bond acceptors (Lipinski definition) is 1. The molecule has 12 heavy (non-hydrogen) atoms. The third-order valence-electron chi connectivity index (χ3n) is 1.32. The minimum atomic E-state index is -3.25. The minimum Gasteiger partial charge on any atom is -0.343 e. The Labute approximate surface area is 66.9 Å². The largest absolute Gasteiger partial charge is 0.343 e. The van der Waals surface area contributed by atoms with Gasteiger partial charge in [-0.2, -0.15) is 8.78 Å². The molecule has 0 aromatic heterocycles. The van der Waals surface area contributed by atoms with Gasteiger partial charge >= 0.3 is 6.43 Å². The molecule has 1 N–H and O–H groups in total. The first kappa shape index (κ1) is 11.2. The van der Waals surface area contributed by atoms with Crippen LogP contribution in [0.5, 0.6) is 0 Å². The van der Waals surface area contributed by atoms with E-state index in [4.69, 9.17) is 0 Å². The zero-order valence-corrected chi connectivity index (χ0v) is 6.57. The summed E-state index contributed by atoms with van der Waals surface area (Å²) in [5.41, 5.74) is 0. The average molecular weight is 187 g/mol. The van der Waals surface area contributed by atoms with Crippen molar-refractivity contribution in [1.29, 1.82) is 0 Å². The Kier molecular flexibility index (Phi) is 3.48. The van der Waals surface area contributed by atoms with Crippen LogP contribution in [0.2, 0.25) is 0 Å². The van der Waals surface area contributed by atoms with Crippen molar-refractivity contribution in [2.45, 2.75) is 32.2 Å². The Morgan fingerprint density at radius 2 is 1.83 bits per heavy atom. The fourth-order valence-electron chi connectivity index (χ4n) is 0.403. The van der Waals surface area contributed by atoms with Gasteiger partial charge in [0.2, 0.25) is 0 Å². The minimum absolute atomic E-state index is 0.545. The maximum Gasteiger partial charge on any atom is 0.315 e. The van der Waals surface area contributed by atoms with E-state index in [1.807, 2.05) is 0 Å². The van der Waals surface area contributed by atoms with Gasteiger partial charge in [0.15, 0.2) is 0 Å². The van der Waals surface area contributed by atoms with Crippen molar-refractivity contribution in [3.05, 3.63) is 0 Å². The molecule has 0 fully saturated rings. The van der Waals surface area contributed by atoms with E-state index in [1.165, 1.54) is 5.32 Å². The highest BCUT2D eigenvalue weighted by Crippen LogP contribution is 2.16. The number of rotatable bonds is 3. The number of amides is 1. The molecule has 0 aliphatic carbocycles. The van der Waals surface area contributed by atoms with E-state index < -0.39 is 24.3 Å². The molecule has 0 spiro atoms. The molecule has 6 heteroatoms. The lowest BCUT2D eigenvalue weighted by Crippen LogP contribution is -2.45. The summed E-state index contributed by atoms with van der Waals surface area (Å²) in [7, 11) is 0. The van der Waals surface area contributed by atoms with Crippen LogP contribution in [-0.2, 0) is 4.79 Å². The molecule has 0 saturated heterocycles. The molecular weight excluding hydrogens is 178 g/mol. The van der Waals surface area contributed by atoms with Crippen molar-refractivity contribution in [3.8, 4) is 0 Å². The van der Waals surface area contributed by atoms with Crippen molar-refractivity contribution in [1.82, 2.24) is 5.32 Å². The lowest BCUT2D eigenvalue weighted by atomic mass is 10.2. The number of carbonyl (C=O) groups excluding carboxylic acids is 1. The van der Waals surface area contributed by atoms with Crippen molar-refractivity contribution in [2.24, 2.45) is 0 Å². The van der Waals surface area contributed by atoms with Gasteiger partial charge in [0.25, 0.3) is 11.8 Å². The number of alkyl halides is 4. The van der Waals surface area contributed by atoms with Crippen molar-refractivity contribution in [3.63, 3.8) is 0 Å². The molecule has 0 aromatic carbocycles. The lowest BCUT2D eigenvalue weighted by molar-refractivity contribution is -0.135. The van der Waals surface area contributed by atoms with Crippen LogP contribution >= 0.6 is 0 Å². The maximum absolute atomic E-state index is 12.3. The summed E-state index contributed by atoms with van der Waals surface area (Å²) in [6.45, 7) is 1.50. The zero-order chi connectivity index (χ0) is 9.94. The molecule has 0 bridgehead atoms. The summed E-state index contributed by atoms with van der Waals surface area (Å²) in [6.07, 6.45) is -3.25. The SMILES string of the molecule is CC(NC(=O)C(F)F)C(C)(F)F. The van der Waals surface area contributed by atoms with E-state index >= 15 is 0 Å². The van der Waals surface area contributed by atoms with Crippen LogP contribution in [0.4, 0.5) is 17.6 Å². The van der Waals surface area contributed by atoms with Gasteiger partial charge < -0.3 is 5.32 Å². The molecule has 0 heterocycles. The zero-order valence-electron chi connectivity index (χ0n) is 6.57. The standard InChI is InChI=1S/C6H9F4NO/c1-3(6(2,9)10)11-5(12)4(7)8/h3-4H,1-2H3,(H,11,12). The summed E-state index contributed by atoms with van der Waals surface area (Å²) in [4.78, 5) is 10.2. The number of carbonyl (C=O) groups is 1. The Hall–Kier alpha value is -0.810. The van der Waals surface area contributed by atoms with Gasteiger partial charge in [0, 0.05) is 6.92 Å². The number of hydrogen-bond donors (Lipinski definition) is 1. The third kappa shape index (κ3) is 3.54. The monoisotopic (exact) mass is 187 g/mol. The van der Waals surface area contributed by atoms with Gasteiger partial charge in [-0.05, 0) is 6.92 Å². The van der Waals surface area contributed by atoms with Gasteiger partial charge in [-0.1, -0.05) is 0 Å². The second kappa shape index (κ2) is 3.73. The van der Waals surface area contributed by atoms with E-state index in [1.54, 1.807) is 0 Å². The van der Waals surface area contributed by atoms with Crippen LogP contribution in [0.25, 0.3) is 0 Å². The maximum atomic E-state index is 12.3. The fourth-order valence-corrected chi connectivity index (χ4v) is 0.403. The summed E-state index contributed by atoms with van der Waals surface area (Å²) in [5, 5.41) is 1.48. The predicted molar refractivity (Wildman–Crippen MR) is 34.2 cm³/mol. The number of halogens is 4. The van der Waals surface area contributed by atoms with Gasteiger partial charge in [-0.25, -0.2) is 8.78 Å². The van der Waals surface area contributed by atoms with E-state index in [0.29, 0.717) is 6.92 Å². The average Bonchev–Trinajstić information content (AvgIpc) is 1.85. The van der Waals surface area contributed by atoms with Gasteiger partial charge in [-0.15, -0.1) is 0 Å². The normalized spacial score (nSPS) is 14.6. The van der Waals surface area contributed by atoms with Gasteiger partial charge in [0.1, 0.15) is 0 Å². The van der Waals surface area contributed by atoms with Crippen molar-refractivity contribution < 1.29 is 22.4 Å². The Balaban J connectivity index is 4.02. The second-order valence-corrected chi connectivity index (χ2v) is 2.49. The smallest absolute Gasteiger partial charge is 0.315 e. The quantitative estimate of drug-likeness (QED) is 0.665. The first-order valence-corrected chi connectivity index (χ1v) is 3.21. The molecule has 0 aromatic rings. The molecule has 0 aliphatic heterocycles. The highest BCUT2D eigenvalue weighted by molar-refractivity contribution is 5.79.